The van der Waals surface area contributed by atoms with E-state index in [1.165, 1.54) is 12.5 Å². The Hall–Kier alpha value is -2.74. The molecule has 4 atom stereocenters. The maximum absolute atomic E-state index is 12.7. The fourth-order valence-corrected chi connectivity index (χ4v) is 5.06. The molecule has 3 fully saturated rings. The van der Waals surface area contributed by atoms with Crippen molar-refractivity contribution >= 4 is 11.8 Å². The van der Waals surface area contributed by atoms with Gasteiger partial charge in [-0.2, -0.15) is 0 Å². The van der Waals surface area contributed by atoms with Crippen LogP contribution < -0.4 is 10.6 Å². The first-order chi connectivity index (χ1) is 15.7. The molecule has 1 aromatic carbocycles. The van der Waals surface area contributed by atoms with Gasteiger partial charge < -0.3 is 10.6 Å². The fourth-order valence-electron chi connectivity index (χ4n) is 5.06. The molecule has 3 aliphatic rings. The minimum absolute atomic E-state index is 0.0277. The van der Waals surface area contributed by atoms with Crippen LogP contribution in [0, 0.1) is 11.8 Å². The van der Waals surface area contributed by atoms with E-state index < -0.39 is 0 Å². The first-order valence-corrected chi connectivity index (χ1v) is 12.0. The Morgan fingerprint density at radius 2 is 1.85 bits per heavy atom. The molecule has 0 aliphatic carbocycles. The van der Waals surface area contributed by atoms with Crippen molar-refractivity contribution in [3.8, 4) is 11.3 Å². The maximum Gasteiger partial charge on any atom is 0.224 e. The maximum atomic E-state index is 12.7. The highest BCUT2D eigenvalue weighted by atomic mass is 16.2. The molecule has 2 amide bonds. The van der Waals surface area contributed by atoms with Gasteiger partial charge in [-0.1, -0.05) is 50.3 Å². The number of benzene rings is 1. The summed E-state index contributed by atoms with van der Waals surface area (Å²) in [5.74, 6) is 0.456. The highest BCUT2D eigenvalue weighted by molar-refractivity contribution is 5.79. The van der Waals surface area contributed by atoms with E-state index in [1.54, 1.807) is 0 Å². The monoisotopic (exact) mass is 452 g/mol. The van der Waals surface area contributed by atoms with Crippen LogP contribution in [-0.4, -0.2) is 63.9 Å². The average Bonchev–Trinajstić information content (AvgIpc) is 3.25. The smallest absolute Gasteiger partial charge is 0.224 e. The van der Waals surface area contributed by atoms with Crippen molar-refractivity contribution < 1.29 is 9.59 Å². The number of nitrogens with one attached hydrogen (secondary N) is 2. The van der Waals surface area contributed by atoms with Gasteiger partial charge in [-0.05, 0) is 36.3 Å². The van der Waals surface area contributed by atoms with E-state index in [4.69, 9.17) is 0 Å². The van der Waals surface area contributed by atoms with Crippen molar-refractivity contribution in [3.05, 3.63) is 36.0 Å². The van der Waals surface area contributed by atoms with Crippen LogP contribution in [0.25, 0.3) is 11.3 Å². The molecule has 1 aromatic heterocycles. The standard InChI is InChI=1S/C25H36N6O2/c1-17(32)26-10-11-27-24(33)22-15-30-12-9-19(22)13-21(30)14-31-16-23(28-29-31)18-5-7-20(8-6-18)25(2,3)4/h5-8,16,19,21-22H,9-15H2,1-4H3,(H,26,32)(H,27,33)/t19?,21-,22+/m1/s1. The van der Waals surface area contributed by atoms with Gasteiger partial charge >= 0.3 is 0 Å². The van der Waals surface area contributed by atoms with Crippen molar-refractivity contribution in [2.24, 2.45) is 11.8 Å². The summed E-state index contributed by atoms with van der Waals surface area (Å²) < 4.78 is 1.95. The second-order valence-electron chi connectivity index (χ2n) is 10.5. The molecule has 4 heterocycles. The van der Waals surface area contributed by atoms with Crippen LogP contribution in [-0.2, 0) is 21.5 Å². The average molecular weight is 453 g/mol. The molecule has 2 aromatic rings. The fraction of sp³-hybridized carbons (Fsp3) is 0.600. The Kier molecular flexibility index (Phi) is 6.83. The number of piperidine rings is 3. The van der Waals surface area contributed by atoms with Crippen molar-refractivity contribution in [1.29, 1.82) is 0 Å². The summed E-state index contributed by atoms with van der Waals surface area (Å²) in [7, 11) is 0. The summed E-state index contributed by atoms with van der Waals surface area (Å²) in [5.41, 5.74) is 3.40. The van der Waals surface area contributed by atoms with Crippen molar-refractivity contribution in [2.75, 3.05) is 26.2 Å². The third kappa shape index (κ3) is 5.61. The number of nitrogens with zero attached hydrogens (tertiary/aromatic N) is 4. The van der Waals surface area contributed by atoms with E-state index in [2.05, 4.69) is 70.9 Å². The van der Waals surface area contributed by atoms with Crippen LogP contribution in [0.3, 0.4) is 0 Å². The number of carbonyl (C=O) groups excluding carboxylic acids is 2. The Bertz CT molecular complexity index is 978. The summed E-state index contributed by atoms with van der Waals surface area (Å²) in [6.07, 6.45) is 4.09. The molecule has 8 heteroatoms. The number of hydrogen-bond acceptors (Lipinski definition) is 5. The Labute approximate surface area is 196 Å². The number of aromatic nitrogens is 3. The van der Waals surface area contributed by atoms with Gasteiger partial charge in [0.2, 0.25) is 11.8 Å². The highest BCUT2D eigenvalue weighted by Gasteiger charge is 2.43. The normalized spacial score (nSPS) is 24.5. The van der Waals surface area contributed by atoms with E-state index in [0.717, 1.165) is 43.7 Å². The van der Waals surface area contributed by atoms with Gasteiger partial charge in [0.05, 0.1) is 18.7 Å². The van der Waals surface area contributed by atoms with Gasteiger partial charge in [-0.25, -0.2) is 0 Å². The van der Waals surface area contributed by atoms with Crippen molar-refractivity contribution in [3.63, 3.8) is 0 Å². The summed E-state index contributed by atoms with van der Waals surface area (Å²) in [6, 6.07) is 8.96. The number of amides is 2. The lowest BCUT2D eigenvalue weighted by molar-refractivity contribution is -0.133. The van der Waals surface area contributed by atoms with Crippen molar-refractivity contribution in [2.45, 2.75) is 58.5 Å². The lowest BCUT2D eigenvalue weighted by Gasteiger charge is -2.49. The van der Waals surface area contributed by atoms with Gasteiger partial charge in [0.1, 0.15) is 5.69 Å². The summed E-state index contributed by atoms with van der Waals surface area (Å²) in [4.78, 5) is 26.1. The summed E-state index contributed by atoms with van der Waals surface area (Å²) in [5, 5.41) is 14.5. The van der Waals surface area contributed by atoms with Crippen LogP contribution >= 0.6 is 0 Å². The van der Waals surface area contributed by atoms with Crippen LogP contribution in [0.5, 0.6) is 0 Å². The van der Waals surface area contributed by atoms with Gasteiger partial charge in [0, 0.05) is 38.2 Å². The van der Waals surface area contributed by atoms with E-state index in [0.29, 0.717) is 25.0 Å². The molecule has 0 spiro atoms. The topological polar surface area (TPSA) is 92.2 Å². The van der Waals surface area contributed by atoms with E-state index in [9.17, 15) is 9.59 Å². The number of carbonyl (C=O) groups is 2. The summed E-state index contributed by atoms with van der Waals surface area (Å²) >= 11 is 0. The number of hydrogen-bond donors (Lipinski definition) is 2. The first kappa shape index (κ1) is 23.4. The SMILES string of the molecule is CC(=O)NCCNC(=O)[C@H]1CN2CCC1C[C@@H]2Cn1cc(-c2ccc(C(C)(C)C)cc2)nn1. The zero-order chi connectivity index (χ0) is 23.6. The zero-order valence-electron chi connectivity index (χ0n) is 20.2. The third-order valence-electron chi connectivity index (χ3n) is 7.00. The molecule has 0 saturated carbocycles. The molecular weight excluding hydrogens is 416 g/mol. The van der Waals surface area contributed by atoms with Gasteiger partial charge in [-0.15, -0.1) is 5.10 Å². The lowest BCUT2D eigenvalue weighted by Crippen LogP contribution is -2.58. The second kappa shape index (κ2) is 9.63. The molecule has 0 radical (unpaired) electrons. The van der Waals surface area contributed by atoms with E-state index >= 15 is 0 Å². The van der Waals surface area contributed by atoms with Gasteiger partial charge in [-0.3, -0.25) is 19.2 Å². The number of rotatable bonds is 7. The largest absolute Gasteiger partial charge is 0.355 e. The van der Waals surface area contributed by atoms with E-state index in [1.807, 2.05) is 10.9 Å². The van der Waals surface area contributed by atoms with Crippen LogP contribution in [0.1, 0.15) is 46.1 Å². The predicted molar refractivity (Wildman–Crippen MR) is 127 cm³/mol. The zero-order valence-corrected chi connectivity index (χ0v) is 20.2. The molecule has 33 heavy (non-hydrogen) atoms. The Morgan fingerprint density at radius 1 is 1.12 bits per heavy atom. The molecule has 3 aliphatic heterocycles. The molecule has 3 saturated heterocycles. The number of fused-ring (bicyclic) bond motifs is 3. The molecule has 8 nitrogen and oxygen atoms in total. The summed E-state index contributed by atoms with van der Waals surface area (Å²) in [6.45, 7) is 11.7. The molecule has 2 N–H and O–H groups in total. The third-order valence-corrected chi connectivity index (χ3v) is 7.00. The molecule has 2 bridgehead atoms. The van der Waals surface area contributed by atoms with Crippen LogP contribution in [0.2, 0.25) is 0 Å². The highest BCUT2D eigenvalue weighted by Crippen LogP contribution is 2.37. The first-order valence-electron chi connectivity index (χ1n) is 12.0. The second-order valence-corrected chi connectivity index (χ2v) is 10.5. The molecular formula is C25H36N6O2. The van der Waals surface area contributed by atoms with Gasteiger partial charge in [0.15, 0.2) is 0 Å². The minimum Gasteiger partial charge on any atom is -0.355 e. The Morgan fingerprint density at radius 3 is 2.48 bits per heavy atom. The molecule has 2 unspecified atom stereocenters. The molecule has 178 valence electrons. The van der Waals surface area contributed by atoms with Gasteiger partial charge in [0.25, 0.3) is 0 Å². The van der Waals surface area contributed by atoms with Crippen LogP contribution in [0.15, 0.2) is 30.5 Å². The quantitative estimate of drug-likeness (QED) is 0.629. The lowest BCUT2D eigenvalue weighted by atomic mass is 9.75. The predicted octanol–water partition coefficient (Wildman–Crippen LogP) is 2.21. The van der Waals surface area contributed by atoms with Crippen LogP contribution in [0.4, 0.5) is 0 Å². The van der Waals surface area contributed by atoms with E-state index in [-0.39, 0.29) is 23.1 Å². The Balaban J connectivity index is 1.32. The minimum atomic E-state index is -0.0758. The molecule has 5 rings (SSSR count). The van der Waals surface area contributed by atoms with Crippen molar-refractivity contribution in [1.82, 2.24) is 30.5 Å².